The Labute approximate surface area is 167 Å². The molecule has 1 N–H and O–H groups in total. The van der Waals surface area contributed by atoms with E-state index in [0.717, 1.165) is 33.6 Å². The van der Waals surface area contributed by atoms with Gasteiger partial charge >= 0.3 is 0 Å². The summed E-state index contributed by atoms with van der Waals surface area (Å²) in [4.78, 5) is 14.5. The van der Waals surface area contributed by atoms with Crippen LogP contribution in [0, 0.1) is 13.8 Å². The maximum Gasteiger partial charge on any atom is 0.192 e. The molecule has 150 valence electrons. The van der Waals surface area contributed by atoms with Crippen LogP contribution in [-0.2, 0) is 18.0 Å². The van der Waals surface area contributed by atoms with Crippen molar-refractivity contribution in [3.05, 3.63) is 53.2 Å². The van der Waals surface area contributed by atoms with E-state index >= 15 is 0 Å². The largest absolute Gasteiger partial charge is 0.497 e. The van der Waals surface area contributed by atoms with Gasteiger partial charge in [0, 0.05) is 12.2 Å². The maximum absolute atomic E-state index is 9.34. The highest BCUT2D eigenvalue weighted by Gasteiger charge is 2.17. The second kappa shape index (κ2) is 7.88. The van der Waals surface area contributed by atoms with Crippen LogP contribution < -0.4 is 4.74 Å². The van der Waals surface area contributed by atoms with E-state index in [-0.39, 0.29) is 13.2 Å². The van der Waals surface area contributed by atoms with Crippen molar-refractivity contribution in [1.29, 1.82) is 0 Å². The summed E-state index contributed by atoms with van der Waals surface area (Å²) >= 11 is 0. The molecule has 0 radical (unpaired) electrons. The van der Waals surface area contributed by atoms with Crippen LogP contribution in [0.3, 0.4) is 0 Å². The van der Waals surface area contributed by atoms with Gasteiger partial charge in [-0.15, -0.1) is 5.10 Å². The standard InChI is InChI=1S/C20H22N6O3/c1-13-14(2)25(8-9-27)19-18(13)20-23-17(24-26(20)12-21-19)11-29-22-10-15-4-6-16(28-3)7-5-15/h4-7,10,12,27H,8-9,11H2,1-3H3. The van der Waals surface area contributed by atoms with Crippen molar-refractivity contribution in [1.82, 2.24) is 24.1 Å². The molecule has 0 aliphatic carbocycles. The van der Waals surface area contributed by atoms with Gasteiger partial charge in [0.1, 0.15) is 17.7 Å². The van der Waals surface area contributed by atoms with Gasteiger partial charge in [-0.25, -0.2) is 14.5 Å². The SMILES string of the molecule is COc1ccc(C=NOCc2nc3c4c(C)c(C)n(CCO)c4ncn3n2)cc1. The van der Waals surface area contributed by atoms with Gasteiger partial charge < -0.3 is 19.2 Å². The van der Waals surface area contributed by atoms with E-state index in [1.54, 1.807) is 24.2 Å². The molecule has 3 heterocycles. The zero-order valence-corrected chi connectivity index (χ0v) is 16.5. The van der Waals surface area contributed by atoms with Crippen molar-refractivity contribution >= 4 is 22.9 Å². The van der Waals surface area contributed by atoms with Crippen molar-refractivity contribution < 1.29 is 14.7 Å². The van der Waals surface area contributed by atoms with Crippen LogP contribution in [-0.4, -0.2) is 49.2 Å². The van der Waals surface area contributed by atoms with Crippen molar-refractivity contribution in [2.24, 2.45) is 5.16 Å². The lowest BCUT2D eigenvalue weighted by Crippen LogP contribution is -2.05. The molecular formula is C20H22N6O3. The van der Waals surface area contributed by atoms with Gasteiger partial charge in [0.25, 0.3) is 0 Å². The first kappa shape index (κ1) is 18.9. The molecule has 0 saturated carbocycles. The Kier molecular flexibility index (Phi) is 5.13. The quantitative estimate of drug-likeness (QED) is 0.381. The zero-order valence-electron chi connectivity index (χ0n) is 16.5. The third kappa shape index (κ3) is 3.52. The number of nitrogens with zero attached hydrogens (tertiary/aromatic N) is 6. The average Bonchev–Trinajstić information content (AvgIpc) is 3.26. The Hall–Kier alpha value is -3.46. The minimum Gasteiger partial charge on any atom is -0.497 e. The summed E-state index contributed by atoms with van der Waals surface area (Å²) < 4.78 is 8.77. The number of hydrogen-bond acceptors (Lipinski definition) is 7. The monoisotopic (exact) mass is 394 g/mol. The molecule has 0 atom stereocenters. The first-order valence-electron chi connectivity index (χ1n) is 9.22. The Bertz CT molecular complexity index is 1180. The lowest BCUT2D eigenvalue weighted by Gasteiger charge is -2.04. The number of hydrogen-bond donors (Lipinski definition) is 1. The minimum atomic E-state index is 0.0505. The molecular weight excluding hydrogens is 372 g/mol. The topological polar surface area (TPSA) is 99.1 Å². The van der Waals surface area contributed by atoms with Gasteiger partial charge in [0.15, 0.2) is 18.1 Å². The Morgan fingerprint density at radius 3 is 2.69 bits per heavy atom. The van der Waals surface area contributed by atoms with Crippen LogP contribution in [0.1, 0.15) is 22.6 Å². The molecule has 0 spiro atoms. The number of aliphatic hydroxyl groups excluding tert-OH is 1. The number of fused-ring (bicyclic) bond motifs is 3. The van der Waals surface area contributed by atoms with Crippen molar-refractivity contribution in [3.63, 3.8) is 0 Å². The smallest absolute Gasteiger partial charge is 0.192 e. The first-order chi connectivity index (χ1) is 14.1. The maximum atomic E-state index is 9.34. The van der Waals surface area contributed by atoms with Crippen LogP contribution >= 0.6 is 0 Å². The Balaban J connectivity index is 1.55. The molecule has 0 fully saturated rings. The molecule has 0 amide bonds. The first-order valence-corrected chi connectivity index (χ1v) is 9.22. The number of aryl methyl sites for hydroxylation is 1. The van der Waals surface area contributed by atoms with E-state index < -0.39 is 0 Å². The fraction of sp³-hybridized carbons (Fsp3) is 0.300. The van der Waals surface area contributed by atoms with Crippen LogP contribution in [0.5, 0.6) is 5.75 Å². The minimum absolute atomic E-state index is 0.0505. The molecule has 0 aliphatic heterocycles. The third-order valence-corrected chi connectivity index (χ3v) is 4.90. The predicted molar refractivity (Wildman–Crippen MR) is 108 cm³/mol. The number of aromatic nitrogens is 5. The van der Waals surface area contributed by atoms with Crippen LogP contribution in [0.4, 0.5) is 0 Å². The highest BCUT2D eigenvalue weighted by atomic mass is 16.6. The molecule has 4 aromatic rings. The number of methoxy groups -OCH3 is 1. The lowest BCUT2D eigenvalue weighted by molar-refractivity contribution is 0.126. The number of oxime groups is 1. The Morgan fingerprint density at radius 1 is 1.17 bits per heavy atom. The van der Waals surface area contributed by atoms with Gasteiger partial charge in [-0.3, -0.25) is 0 Å². The number of rotatable bonds is 7. The second-order valence-electron chi connectivity index (χ2n) is 6.61. The molecule has 0 saturated heterocycles. The van der Waals surface area contributed by atoms with E-state index in [1.807, 2.05) is 42.7 Å². The van der Waals surface area contributed by atoms with Crippen molar-refractivity contribution in [2.75, 3.05) is 13.7 Å². The molecule has 1 aromatic carbocycles. The fourth-order valence-electron chi connectivity index (χ4n) is 3.29. The summed E-state index contributed by atoms with van der Waals surface area (Å²) in [6, 6.07) is 7.49. The van der Waals surface area contributed by atoms with E-state index in [1.165, 1.54) is 0 Å². The van der Waals surface area contributed by atoms with E-state index in [9.17, 15) is 5.11 Å². The number of benzene rings is 1. The highest BCUT2D eigenvalue weighted by Crippen LogP contribution is 2.26. The predicted octanol–water partition coefficient (Wildman–Crippen LogP) is 2.25. The number of aliphatic hydroxyl groups is 1. The van der Waals surface area contributed by atoms with Gasteiger partial charge in [-0.1, -0.05) is 5.16 Å². The van der Waals surface area contributed by atoms with Gasteiger partial charge in [-0.05, 0) is 49.2 Å². The fourth-order valence-corrected chi connectivity index (χ4v) is 3.29. The lowest BCUT2D eigenvalue weighted by atomic mass is 10.2. The van der Waals surface area contributed by atoms with Crippen LogP contribution in [0.25, 0.3) is 16.7 Å². The normalized spacial score (nSPS) is 11.7. The molecule has 4 rings (SSSR count). The molecule has 0 bridgehead atoms. The molecule has 9 heteroatoms. The van der Waals surface area contributed by atoms with Crippen molar-refractivity contribution in [2.45, 2.75) is 27.0 Å². The molecule has 9 nitrogen and oxygen atoms in total. The summed E-state index contributed by atoms with van der Waals surface area (Å²) in [5, 5.41) is 18.7. The van der Waals surface area contributed by atoms with E-state index in [4.69, 9.17) is 9.57 Å². The summed E-state index contributed by atoms with van der Waals surface area (Å²) in [6.45, 7) is 4.72. The zero-order chi connectivity index (χ0) is 20.4. The molecule has 29 heavy (non-hydrogen) atoms. The summed E-state index contributed by atoms with van der Waals surface area (Å²) in [6.07, 6.45) is 3.25. The van der Waals surface area contributed by atoms with Gasteiger partial charge in [0.2, 0.25) is 0 Å². The van der Waals surface area contributed by atoms with Crippen LogP contribution in [0.15, 0.2) is 35.7 Å². The highest BCUT2D eigenvalue weighted by molar-refractivity contribution is 5.93. The summed E-state index contributed by atoms with van der Waals surface area (Å²) in [5.74, 6) is 1.30. The second-order valence-corrected chi connectivity index (χ2v) is 6.61. The molecule has 0 unspecified atom stereocenters. The van der Waals surface area contributed by atoms with Crippen molar-refractivity contribution in [3.8, 4) is 5.75 Å². The number of ether oxygens (including phenoxy) is 1. The van der Waals surface area contributed by atoms with E-state index in [0.29, 0.717) is 18.0 Å². The Morgan fingerprint density at radius 2 is 1.97 bits per heavy atom. The molecule has 0 aliphatic rings. The van der Waals surface area contributed by atoms with E-state index in [2.05, 4.69) is 20.2 Å². The third-order valence-electron chi connectivity index (χ3n) is 4.90. The summed E-state index contributed by atoms with van der Waals surface area (Å²) in [5.41, 5.74) is 4.53. The summed E-state index contributed by atoms with van der Waals surface area (Å²) in [7, 11) is 1.63. The van der Waals surface area contributed by atoms with Gasteiger partial charge in [0.05, 0.1) is 25.3 Å². The molecule has 3 aromatic heterocycles. The van der Waals surface area contributed by atoms with Gasteiger partial charge in [-0.2, -0.15) is 0 Å². The van der Waals surface area contributed by atoms with Crippen LogP contribution in [0.2, 0.25) is 0 Å². The average molecular weight is 394 g/mol.